The van der Waals surface area contributed by atoms with Crippen LogP contribution in [0, 0.1) is 12.7 Å². The molecule has 1 aliphatic rings. The van der Waals surface area contributed by atoms with Gasteiger partial charge in [-0.05, 0) is 32.0 Å². The van der Waals surface area contributed by atoms with Gasteiger partial charge in [0.05, 0.1) is 6.61 Å². The van der Waals surface area contributed by atoms with Crippen molar-refractivity contribution in [1.82, 2.24) is 9.80 Å². The van der Waals surface area contributed by atoms with E-state index in [-0.39, 0.29) is 12.5 Å². The number of β-amino-alcohol motifs (C(OH)–C–C–N with tert-alkyl or cyclic N) is 1. The molecular weight excluding hydrogens is 273 g/mol. The fraction of sp³-hybridized carbons (Fsp3) is 0.533. The van der Waals surface area contributed by atoms with E-state index in [0.29, 0.717) is 36.4 Å². The van der Waals surface area contributed by atoms with E-state index in [1.165, 1.54) is 12.1 Å². The molecule has 6 heteroatoms. The van der Waals surface area contributed by atoms with E-state index in [9.17, 15) is 9.18 Å². The third kappa shape index (κ3) is 3.71. The van der Waals surface area contributed by atoms with Crippen LogP contribution in [0.1, 0.15) is 22.3 Å². The third-order valence-corrected chi connectivity index (χ3v) is 3.92. The molecule has 5 nitrogen and oxygen atoms in total. The van der Waals surface area contributed by atoms with Gasteiger partial charge < -0.3 is 15.7 Å². The summed E-state index contributed by atoms with van der Waals surface area (Å²) in [6.07, 6.45) is 0.843. The Bertz CT molecular complexity index is 499. The van der Waals surface area contributed by atoms with Gasteiger partial charge in [-0.15, -0.1) is 0 Å². The van der Waals surface area contributed by atoms with Gasteiger partial charge in [0.1, 0.15) is 5.82 Å². The minimum Gasteiger partial charge on any atom is -0.398 e. The predicted octanol–water partition coefficient (Wildman–Crippen LogP) is 0.857. The number of nitrogen functional groups attached to an aromatic ring is 1. The summed E-state index contributed by atoms with van der Waals surface area (Å²) in [5.41, 5.74) is 6.70. The summed E-state index contributed by atoms with van der Waals surface area (Å²) in [5, 5.41) is 8.97. The lowest BCUT2D eigenvalue weighted by atomic mass is 10.1. The first-order chi connectivity index (χ1) is 10.0. The molecule has 1 aromatic rings. The summed E-state index contributed by atoms with van der Waals surface area (Å²) in [4.78, 5) is 16.3. The Morgan fingerprint density at radius 1 is 1.33 bits per heavy atom. The van der Waals surface area contributed by atoms with E-state index in [1.807, 2.05) is 0 Å². The van der Waals surface area contributed by atoms with E-state index in [1.54, 1.807) is 11.8 Å². The highest BCUT2D eigenvalue weighted by Crippen LogP contribution is 2.19. The summed E-state index contributed by atoms with van der Waals surface area (Å²) < 4.78 is 13.7. The maximum Gasteiger partial charge on any atom is 0.254 e. The van der Waals surface area contributed by atoms with Crippen molar-refractivity contribution in [1.29, 1.82) is 0 Å². The number of hydrogen-bond donors (Lipinski definition) is 2. The Morgan fingerprint density at radius 2 is 2.10 bits per heavy atom. The molecule has 0 radical (unpaired) electrons. The lowest BCUT2D eigenvalue weighted by Gasteiger charge is -2.22. The van der Waals surface area contributed by atoms with Gasteiger partial charge in [-0.25, -0.2) is 4.39 Å². The van der Waals surface area contributed by atoms with Crippen LogP contribution in [0.2, 0.25) is 0 Å². The quantitative estimate of drug-likeness (QED) is 0.811. The number of rotatable bonds is 3. The number of halogens is 1. The molecule has 0 unspecified atom stereocenters. The number of amides is 1. The van der Waals surface area contributed by atoms with Crippen molar-refractivity contribution >= 4 is 11.6 Å². The summed E-state index contributed by atoms with van der Waals surface area (Å²) in [7, 11) is 0. The number of aliphatic hydroxyl groups excluding tert-OH is 1. The first-order valence-electron chi connectivity index (χ1n) is 7.21. The van der Waals surface area contributed by atoms with Crippen molar-refractivity contribution in [3.8, 4) is 0 Å². The van der Waals surface area contributed by atoms with Crippen molar-refractivity contribution in [2.75, 3.05) is 45.1 Å². The number of nitrogens with zero attached hydrogens (tertiary/aromatic N) is 2. The molecule has 0 aliphatic carbocycles. The number of aliphatic hydroxyl groups is 1. The zero-order valence-corrected chi connectivity index (χ0v) is 12.3. The zero-order valence-electron chi connectivity index (χ0n) is 12.3. The average molecular weight is 295 g/mol. The van der Waals surface area contributed by atoms with Crippen LogP contribution in [0.15, 0.2) is 12.1 Å². The predicted molar refractivity (Wildman–Crippen MR) is 79.6 cm³/mol. The van der Waals surface area contributed by atoms with Gasteiger partial charge in [0.15, 0.2) is 0 Å². The number of nitrogens with two attached hydrogens (primary N) is 1. The topological polar surface area (TPSA) is 69.8 Å². The van der Waals surface area contributed by atoms with Gasteiger partial charge >= 0.3 is 0 Å². The van der Waals surface area contributed by atoms with Crippen LogP contribution < -0.4 is 5.73 Å². The monoisotopic (exact) mass is 295 g/mol. The molecule has 3 N–H and O–H groups in total. The van der Waals surface area contributed by atoms with E-state index in [4.69, 9.17) is 10.8 Å². The summed E-state index contributed by atoms with van der Waals surface area (Å²) in [6, 6.07) is 2.79. The standard InChI is InChI=1S/C15H22FN3O2/c1-11-13(16)9-12(10-14(11)17)15(21)19-4-2-3-18(5-6-19)7-8-20/h9-10,20H,2-8,17H2,1H3. The normalized spacial score (nSPS) is 16.8. The first-order valence-corrected chi connectivity index (χ1v) is 7.21. The SMILES string of the molecule is Cc1c(N)cc(C(=O)N2CCCN(CCO)CC2)cc1F. The number of hydrogen-bond acceptors (Lipinski definition) is 4. The summed E-state index contributed by atoms with van der Waals surface area (Å²) in [6.45, 7) is 5.12. The largest absolute Gasteiger partial charge is 0.398 e. The molecule has 116 valence electrons. The molecule has 1 saturated heterocycles. The van der Waals surface area contributed by atoms with Crippen LogP contribution in [-0.4, -0.2) is 60.1 Å². The minimum atomic E-state index is -0.449. The molecule has 2 rings (SSSR count). The molecule has 0 atom stereocenters. The molecule has 1 aliphatic heterocycles. The maximum atomic E-state index is 13.7. The van der Waals surface area contributed by atoms with Crippen molar-refractivity contribution in [3.05, 3.63) is 29.1 Å². The highest BCUT2D eigenvalue weighted by molar-refractivity contribution is 5.95. The molecule has 0 bridgehead atoms. The van der Waals surface area contributed by atoms with E-state index in [0.717, 1.165) is 19.5 Å². The molecule has 1 amide bonds. The molecule has 1 heterocycles. The number of anilines is 1. The van der Waals surface area contributed by atoms with Crippen LogP contribution in [0.5, 0.6) is 0 Å². The highest BCUT2D eigenvalue weighted by Gasteiger charge is 2.21. The Balaban J connectivity index is 2.09. The number of carbonyl (C=O) groups is 1. The second-order valence-electron chi connectivity index (χ2n) is 5.38. The maximum absolute atomic E-state index is 13.7. The Hall–Kier alpha value is -1.66. The van der Waals surface area contributed by atoms with Crippen LogP contribution in [-0.2, 0) is 0 Å². The molecule has 1 aromatic carbocycles. The molecular formula is C15H22FN3O2. The van der Waals surface area contributed by atoms with E-state index < -0.39 is 5.82 Å². The fourth-order valence-electron chi connectivity index (χ4n) is 2.55. The van der Waals surface area contributed by atoms with Crippen molar-refractivity contribution in [2.24, 2.45) is 0 Å². The lowest BCUT2D eigenvalue weighted by Crippen LogP contribution is -2.36. The van der Waals surface area contributed by atoms with Crippen molar-refractivity contribution in [3.63, 3.8) is 0 Å². The van der Waals surface area contributed by atoms with Gasteiger partial charge in [0.2, 0.25) is 0 Å². The second-order valence-corrected chi connectivity index (χ2v) is 5.38. The zero-order chi connectivity index (χ0) is 15.4. The van der Waals surface area contributed by atoms with Crippen molar-refractivity contribution in [2.45, 2.75) is 13.3 Å². The molecule has 21 heavy (non-hydrogen) atoms. The highest BCUT2D eigenvalue weighted by atomic mass is 19.1. The smallest absolute Gasteiger partial charge is 0.254 e. The molecule has 0 saturated carbocycles. The first kappa shape index (κ1) is 15.7. The molecule has 0 spiro atoms. The Kier molecular flexibility index (Phi) is 5.14. The average Bonchev–Trinajstić information content (AvgIpc) is 2.69. The van der Waals surface area contributed by atoms with Gasteiger partial charge in [-0.2, -0.15) is 0 Å². The van der Waals surface area contributed by atoms with Crippen LogP contribution in [0.3, 0.4) is 0 Å². The van der Waals surface area contributed by atoms with Gasteiger partial charge in [0.25, 0.3) is 5.91 Å². The molecule has 1 fully saturated rings. The minimum absolute atomic E-state index is 0.119. The van der Waals surface area contributed by atoms with Gasteiger partial charge in [-0.3, -0.25) is 9.69 Å². The summed E-state index contributed by atoms with van der Waals surface area (Å²) >= 11 is 0. The van der Waals surface area contributed by atoms with E-state index >= 15 is 0 Å². The van der Waals surface area contributed by atoms with Crippen molar-refractivity contribution < 1.29 is 14.3 Å². The van der Waals surface area contributed by atoms with Gasteiger partial charge in [-0.1, -0.05) is 0 Å². The number of carbonyl (C=O) groups excluding carboxylic acids is 1. The molecule has 0 aromatic heterocycles. The second kappa shape index (κ2) is 6.87. The van der Waals surface area contributed by atoms with Crippen LogP contribution in [0.4, 0.5) is 10.1 Å². The summed E-state index contributed by atoms with van der Waals surface area (Å²) in [5.74, 6) is -0.637. The van der Waals surface area contributed by atoms with Crippen LogP contribution >= 0.6 is 0 Å². The number of benzene rings is 1. The Labute approximate surface area is 124 Å². The third-order valence-electron chi connectivity index (χ3n) is 3.92. The fourth-order valence-corrected chi connectivity index (χ4v) is 2.55. The van der Waals surface area contributed by atoms with E-state index in [2.05, 4.69) is 4.90 Å². The van der Waals surface area contributed by atoms with Crippen LogP contribution in [0.25, 0.3) is 0 Å². The lowest BCUT2D eigenvalue weighted by molar-refractivity contribution is 0.0760. The van der Waals surface area contributed by atoms with Gasteiger partial charge in [0, 0.05) is 43.0 Å². The Morgan fingerprint density at radius 3 is 2.76 bits per heavy atom.